The second-order valence-corrected chi connectivity index (χ2v) is 5.81. The third kappa shape index (κ3) is 3.91. The molecule has 1 N–H and O–H groups in total. The van der Waals surface area contributed by atoms with Crippen molar-refractivity contribution in [1.82, 2.24) is 5.32 Å². The van der Waals surface area contributed by atoms with Crippen molar-refractivity contribution < 1.29 is 19.0 Å². The number of benzene rings is 1. The summed E-state index contributed by atoms with van der Waals surface area (Å²) >= 11 is 0. The summed E-state index contributed by atoms with van der Waals surface area (Å²) in [5, 5.41) is 2.91. The molecule has 5 nitrogen and oxygen atoms in total. The van der Waals surface area contributed by atoms with Crippen molar-refractivity contribution in [3.63, 3.8) is 0 Å². The van der Waals surface area contributed by atoms with Gasteiger partial charge in [-0.05, 0) is 37.5 Å². The Labute approximate surface area is 130 Å². The lowest BCUT2D eigenvalue weighted by Crippen LogP contribution is -2.26. The van der Waals surface area contributed by atoms with Crippen molar-refractivity contribution in [2.75, 3.05) is 19.9 Å². The van der Waals surface area contributed by atoms with Crippen LogP contribution in [0.15, 0.2) is 18.2 Å². The van der Waals surface area contributed by atoms with E-state index in [2.05, 4.69) is 5.32 Å². The highest BCUT2D eigenvalue weighted by Crippen LogP contribution is 2.32. The van der Waals surface area contributed by atoms with Crippen LogP contribution in [-0.4, -0.2) is 32.0 Å². The molecular formula is C17H23NO4. The van der Waals surface area contributed by atoms with Gasteiger partial charge in [-0.3, -0.25) is 4.79 Å². The first-order valence-electron chi connectivity index (χ1n) is 8.12. The van der Waals surface area contributed by atoms with Crippen molar-refractivity contribution in [3.8, 4) is 11.5 Å². The molecule has 1 amide bonds. The van der Waals surface area contributed by atoms with E-state index in [1.54, 1.807) is 18.2 Å². The first-order valence-corrected chi connectivity index (χ1v) is 8.12. The number of hydrogen-bond donors (Lipinski definition) is 1. The Kier molecular flexibility index (Phi) is 5.16. The predicted molar refractivity (Wildman–Crippen MR) is 82.3 cm³/mol. The Bertz CT molecular complexity index is 511. The maximum Gasteiger partial charge on any atom is 0.251 e. The van der Waals surface area contributed by atoms with Gasteiger partial charge in [-0.25, -0.2) is 0 Å². The molecule has 2 aliphatic rings. The van der Waals surface area contributed by atoms with Gasteiger partial charge in [0.05, 0.1) is 6.10 Å². The van der Waals surface area contributed by atoms with Crippen LogP contribution in [0.1, 0.15) is 48.9 Å². The molecule has 120 valence electrons. The summed E-state index contributed by atoms with van der Waals surface area (Å²) in [6.07, 6.45) is 7.54. The monoisotopic (exact) mass is 305 g/mol. The number of nitrogens with one attached hydrogen (secondary N) is 1. The lowest BCUT2D eigenvalue weighted by Gasteiger charge is -2.21. The summed E-state index contributed by atoms with van der Waals surface area (Å²) in [5.74, 6) is 1.24. The Hall–Kier alpha value is -1.75. The second kappa shape index (κ2) is 7.49. The molecule has 0 bridgehead atoms. The molecule has 22 heavy (non-hydrogen) atoms. The average Bonchev–Trinajstić information content (AvgIpc) is 3.03. The van der Waals surface area contributed by atoms with Crippen LogP contribution >= 0.6 is 0 Å². The Morgan fingerprint density at radius 3 is 2.86 bits per heavy atom. The zero-order valence-electron chi connectivity index (χ0n) is 12.8. The van der Waals surface area contributed by atoms with Gasteiger partial charge in [-0.15, -0.1) is 0 Å². The molecule has 0 atom stereocenters. The van der Waals surface area contributed by atoms with Gasteiger partial charge in [-0.1, -0.05) is 19.3 Å². The number of hydrogen-bond acceptors (Lipinski definition) is 4. The quantitative estimate of drug-likeness (QED) is 0.821. The fourth-order valence-corrected chi connectivity index (χ4v) is 2.90. The summed E-state index contributed by atoms with van der Waals surface area (Å²) in [5.41, 5.74) is 0.595. The summed E-state index contributed by atoms with van der Waals surface area (Å²) in [7, 11) is 0. The van der Waals surface area contributed by atoms with Crippen LogP contribution < -0.4 is 14.8 Å². The minimum Gasteiger partial charge on any atom is -0.454 e. The summed E-state index contributed by atoms with van der Waals surface area (Å²) in [4.78, 5) is 12.1. The molecule has 0 unspecified atom stereocenters. The van der Waals surface area contributed by atoms with Crippen LogP contribution in [0.25, 0.3) is 0 Å². The van der Waals surface area contributed by atoms with E-state index in [4.69, 9.17) is 14.2 Å². The van der Waals surface area contributed by atoms with Crippen LogP contribution in [0.5, 0.6) is 11.5 Å². The van der Waals surface area contributed by atoms with Crippen molar-refractivity contribution in [2.45, 2.75) is 44.6 Å². The minimum absolute atomic E-state index is 0.0871. The van der Waals surface area contributed by atoms with E-state index in [1.807, 2.05) is 0 Å². The van der Waals surface area contributed by atoms with E-state index in [-0.39, 0.29) is 12.7 Å². The van der Waals surface area contributed by atoms with Crippen LogP contribution in [-0.2, 0) is 4.74 Å². The van der Waals surface area contributed by atoms with Gasteiger partial charge in [0.1, 0.15) is 0 Å². The molecule has 0 saturated heterocycles. The number of fused-ring (bicyclic) bond motifs is 1. The Balaban J connectivity index is 1.35. The highest BCUT2D eigenvalue weighted by atomic mass is 16.7. The predicted octanol–water partition coefficient (Wildman–Crippen LogP) is 2.88. The van der Waals surface area contributed by atoms with Gasteiger partial charge in [0.15, 0.2) is 11.5 Å². The lowest BCUT2D eigenvalue weighted by molar-refractivity contribution is 0.0273. The van der Waals surface area contributed by atoms with Gasteiger partial charge >= 0.3 is 0 Å². The molecule has 1 fully saturated rings. The molecule has 1 aromatic carbocycles. The van der Waals surface area contributed by atoms with Crippen LogP contribution in [0.4, 0.5) is 0 Å². The summed E-state index contributed by atoms with van der Waals surface area (Å²) in [6.45, 7) is 1.56. The fraction of sp³-hybridized carbons (Fsp3) is 0.588. The maximum atomic E-state index is 12.1. The molecule has 1 aromatic rings. The molecule has 1 heterocycles. The number of carbonyl (C=O) groups excluding carboxylic acids is 1. The van der Waals surface area contributed by atoms with Crippen molar-refractivity contribution in [3.05, 3.63) is 23.8 Å². The van der Waals surface area contributed by atoms with Gasteiger partial charge in [-0.2, -0.15) is 0 Å². The van der Waals surface area contributed by atoms with E-state index in [0.29, 0.717) is 36.3 Å². The van der Waals surface area contributed by atoms with E-state index in [9.17, 15) is 4.79 Å². The standard InChI is InChI=1S/C17H23NO4/c19-17(13-7-8-15-16(11-13)22-12-21-15)18-9-4-10-20-14-5-2-1-3-6-14/h7-8,11,14H,1-6,9-10,12H2,(H,18,19). The summed E-state index contributed by atoms with van der Waals surface area (Å²) in [6, 6.07) is 5.24. The van der Waals surface area contributed by atoms with E-state index in [1.165, 1.54) is 32.1 Å². The zero-order valence-corrected chi connectivity index (χ0v) is 12.8. The van der Waals surface area contributed by atoms with E-state index >= 15 is 0 Å². The second-order valence-electron chi connectivity index (χ2n) is 5.81. The van der Waals surface area contributed by atoms with Gasteiger partial charge in [0, 0.05) is 18.7 Å². The first-order chi connectivity index (χ1) is 10.8. The van der Waals surface area contributed by atoms with Crippen molar-refractivity contribution >= 4 is 5.91 Å². The van der Waals surface area contributed by atoms with Crippen molar-refractivity contribution in [2.24, 2.45) is 0 Å². The molecule has 0 aromatic heterocycles. The number of rotatable bonds is 6. The molecule has 3 rings (SSSR count). The number of amides is 1. The molecule has 5 heteroatoms. The highest BCUT2D eigenvalue weighted by Gasteiger charge is 2.16. The SMILES string of the molecule is O=C(NCCCOC1CCCCC1)c1ccc2c(c1)OCO2. The topological polar surface area (TPSA) is 56.8 Å². The van der Waals surface area contributed by atoms with Gasteiger partial charge < -0.3 is 19.5 Å². The van der Waals surface area contributed by atoms with Crippen LogP contribution in [0.3, 0.4) is 0 Å². The van der Waals surface area contributed by atoms with Gasteiger partial charge in [0.2, 0.25) is 6.79 Å². The van der Waals surface area contributed by atoms with Gasteiger partial charge in [0.25, 0.3) is 5.91 Å². The molecule has 1 aliphatic carbocycles. The smallest absolute Gasteiger partial charge is 0.251 e. The maximum absolute atomic E-state index is 12.1. The lowest BCUT2D eigenvalue weighted by atomic mass is 9.98. The Morgan fingerprint density at radius 1 is 1.18 bits per heavy atom. The molecule has 0 spiro atoms. The fourth-order valence-electron chi connectivity index (χ4n) is 2.90. The summed E-state index contributed by atoms with van der Waals surface area (Å²) < 4.78 is 16.4. The van der Waals surface area contributed by atoms with Crippen molar-refractivity contribution in [1.29, 1.82) is 0 Å². The van der Waals surface area contributed by atoms with E-state index < -0.39 is 0 Å². The Morgan fingerprint density at radius 2 is 2.00 bits per heavy atom. The number of ether oxygens (including phenoxy) is 3. The largest absolute Gasteiger partial charge is 0.454 e. The minimum atomic E-state index is -0.0871. The first kappa shape index (κ1) is 15.2. The van der Waals surface area contributed by atoms with Crippen LogP contribution in [0, 0.1) is 0 Å². The normalized spacial score (nSPS) is 17.5. The van der Waals surface area contributed by atoms with E-state index in [0.717, 1.165) is 6.42 Å². The molecular weight excluding hydrogens is 282 g/mol. The molecule has 0 radical (unpaired) electrons. The van der Waals surface area contributed by atoms with Crippen LogP contribution in [0.2, 0.25) is 0 Å². The number of carbonyl (C=O) groups is 1. The average molecular weight is 305 g/mol. The third-order valence-electron chi connectivity index (χ3n) is 4.15. The molecule has 1 aliphatic heterocycles. The third-order valence-corrected chi connectivity index (χ3v) is 4.15. The zero-order chi connectivity index (χ0) is 15.2. The molecule has 1 saturated carbocycles. The highest BCUT2D eigenvalue weighted by molar-refractivity contribution is 5.94.